The van der Waals surface area contributed by atoms with Crippen LogP contribution in [0.4, 0.5) is 30.7 Å². The van der Waals surface area contributed by atoms with Crippen LogP contribution in [0.3, 0.4) is 0 Å². The monoisotopic (exact) mass is 224 g/mol. The number of nitrogens with two attached hydrogens (primary N) is 1. The number of hydrogen-bond donors (Lipinski definition) is 2. The highest BCUT2D eigenvalue weighted by molar-refractivity contribution is 6.00. The lowest BCUT2D eigenvalue weighted by atomic mass is 10.2. The molecular weight excluding hydrogens is 221 g/mol. The number of nitrogens with one attached hydrogen (secondary N) is 1. The van der Waals surface area contributed by atoms with E-state index >= 15 is 0 Å². The molecule has 0 rings (SSSR count). The van der Waals surface area contributed by atoms with E-state index in [0.29, 0.717) is 0 Å². The molecule has 0 heterocycles. The molecule has 0 saturated carbocycles. The van der Waals surface area contributed by atoms with Gasteiger partial charge in [0.15, 0.2) is 17.2 Å². The Morgan fingerprint density at radius 2 is 1.29 bits per heavy atom. The van der Waals surface area contributed by atoms with Crippen molar-refractivity contribution in [2.24, 2.45) is 5.73 Å². The molecule has 0 fully saturated rings. The van der Waals surface area contributed by atoms with Gasteiger partial charge in [0.25, 0.3) is 0 Å². The highest BCUT2D eigenvalue weighted by atomic mass is 19.4. The molecule has 82 valence electrons. The topological polar surface area (TPSA) is 49.9 Å². The Morgan fingerprint density at radius 1 is 0.929 bits per heavy atom. The molecule has 14 heavy (non-hydrogen) atoms. The predicted molar refractivity (Wildman–Crippen MR) is 32.2 cm³/mol. The maximum Gasteiger partial charge on any atom is 0.435 e. The van der Waals surface area contributed by atoms with E-state index in [1.54, 1.807) is 0 Å². The molecule has 0 aliphatic rings. The average Bonchev–Trinajstić information content (AvgIpc) is 1.97. The van der Waals surface area contributed by atoms with Crippen molar-refractivity contribution in [2.75, 3.05) is 0 Å². The molecule has 0 radical (unpaired) electrons. The standard InChI is InChI=1S/C5H3F7N2/c6-1(2(13)4(7,8)9)3(14)5(10,11)12/h13H,14H2/b3-1+,13-2?. The Morgan fingerprint density at radius 3 is 1.50 bits per heavy atom. The molecule has 0 aromatic carbocycles. The zero-order chi connectivity index (χ0) is 11.7. The lowest BCUT2D eigenvalue weighted by Crippen LogP contribution is -2.29. The van der Waals surface area contributed by atoms with E-state index in [-0.39, 0.29) is 0 Å². The molecule has 0 bridgehead atoms. The molecule has 0 spiro atoms. The van der Waals surface area contributed by atoms with Gasteiger partial charge in [0.1, 0.15) is 0 Å². The van der Waals surface area contributed by atoms with Crippen LogP contribution in [0.2, 0.25) is 0 Å². The van der Waals surface area contributed by atoms with Crippen molar-refractivity contribution < 1.29 is 30.7 Å². The second-order valence-corrected chi connectivity index (χ2v) is 2.10. The summed E-state index contributed by atoms with van der Waals surface area (Å²) in [7, 11) is 0. The maximum atomic E-state index is 12.3. The van der Waals surface area contributed by atoms with Crippen LogP contribution in [0.15, 0.2) is 11.5 Å². The minimum Gasteiger partial charge on any atom is -0.392 e. The number of rotatable bonds is 1. The van der Waals surface area contributed by atoms with Crippen molar-refractivity contribution >= 4 is 5.71 Å². The molecule has 0 aromatic heterocycles. The van der Waals surface area contributed by atoms with Gasteiger partial charge >= 0.3 is 12.4 Å². The minimum absolute atomic E-state index is 2.57. The quantitative estimate of drug-likeness (QED) is 0.521. The highest BCUT2D eigenvalue weighted by Gasteiger charge is 2.43. The summed E-state index contributed by atoms with van der Waals surface area (Å²) in [6.07, 6.45) is -10.9. The summed E-state index contributed by atoms with van der Waals surface area (Å²) in [5.74, 6) is -2.83. The van der Waals surface area contributed by atoms with E-state index in [0.717, 1.165) is 0 Å². The van der Waals surface area contributed by atoms with Gasteiger partial charge in [0, 0.05) is 0 Å². The first-order valence-corrected chi connectivity index (χ1v) is 2.86. The van der Waals surface area contributed by atoms with Crippen molar-refractivity contribution in [3.63, 3.8) is 0 Å². The van der Waals surface area contributed by atoms with Crippen molar-refractivity contribution in [2.45, 2.75) is 12.4 Å². The molecule has 0 aliphatic heterocycles. The summed E-state index contributed by atoms with van der Waals surface area (Å²) >= 11 is 0. The van der Waals surface area contributed by atoms with E-state index in [1.165, 1.54) is 0 Å². The van der Waals surface area contributed by atoms with Gasteiger partial charge in [-0.15, -0.1) is 0 Å². The van der Waals surface area contributed by atoms with Crippen LogP contribution in [-0.4, -0.2) is 18.1 Å². The van der Waals surface area contributed by atoms with Gasteiger partial charge in [-0.25, -0.2) is 4.39 Å². The fourth-order valence-electron chi connectivity index (χ4n) is 0.384. The van der Waals surface area contributed by atoms with E-state index in [4.69, 9.17) is 5.41 Å². The Kier molecular flexibility index (Phi) is 3.15. The van der Waals surface area contributed by atoms with Crippen LogP contribution in [0.25, 0.3) is 0 Å². The molecule has 0 amide bonds. The first-order valence-electron chi connectivity index (χ1n) is 2.86. The van der Waals surface area contributed by atoms with Crippen molar-refractivity contribution in [1.82, 2.24) is 0 Å². The van der Waals surface area contributed by atoms with Crippen molar-refractivity contribution in [1.29, 1.82) is 5.41 Å². The molecule has 3 N–H and O–H groups in total. The first-order chi connectivity index (χ1) is 5.98. The van der Waals surface area contributed by atoms with Gasteiger partial charge in [-0.3, -0.25) is 5.41 Å². The van der Waals surface area contributed by atoms with Crippen LogP contribution < -0.4 is 5.73 Å². The SMILES string of the molecule is N=C(/C(F)=C(\N)C(F)(F)F)C(F)(F)F. The molecule has 0 saturated heterocycles. The maximum absolute atomic E-state index is 12.3. The third-order valence-electron chi connectivity index (χ3n) is 1.04. The van der Waals surface area contributed by atoms with E-state index < -0.39 is 29.6 Å². The van der Waals surface area contributed by atoms with Crippen LogP contribution >= 0.6 is 0 Å². The van der Waals surface area contributed by atoms with Crippen molar-refractivity contribution in [3.05, 3.63) is 11.5 Å². The van der Waals surface area contributed by atoms with Gasteiger partial charge < -0.3 is 5.73 Å². The van der Waals surface area contributed by atoms with Crippen LogP contribution in [0.5, 0.6) is 0 Å². The average molecular weight is 224 g/mol. The Hall–Kier alpha value is -1.28. The van der Waals surface area contributed by atoms with Gasteiger partial charge in [-0.05, 0) is 0 Å². The molecule has 9 heteroatoms. The summed E-state index contributed by atoms with van der Waals surface area (Å²) in [6, 6.07) is 0. The fourth-order valence-corrected chi connectivity index (χ4v) is 0.384. The Labute approximate surface area is 72.7 Å². The number of alkyl halides is 6. The molecule has 0 unspecified atom stereocenters. The minimum atomic E-state index is -5.50. The smallest absolute Gasteiger partial charge is 0.392 e. The van der Waals surface area contributed by atoms with Gasteiger partial charge in [-0.1, -0.05) is 0 Å². The van der Waals surface area contributed by atoms with E-state index in [9.17, 15) is 30.7 Å². The summed E-state index contributed by atoms with van der Waals surface area (Å²) in [5.41, 5.74) is -1.30. The largest absolute Gasteiger partial charge is 0.435 e. The molecule has 0 aromatic rings. The molecule has 0 aliphatic carbocycles. The third-order valence-corrected chi connectivity index (χ3v) is 1.04. The van der Waals surface area contributed by atoms with Crippen LogP contribution in [0.1, 0.15) is 0 Å². The molecule has 0 atom stereocenters. The lowest BCUT2D eigenvalue weighted by Gasteiger charge is -2.10. The number of halogens is 7. The van der Waals surface area contributed by atoms with E-state index in [1.807, 2.05) is 0 Å². The normalized spacial score (nSPS) is 15.1. The van der Waals surface area contributed by atoms with E-state index in [2.05, 4.69) is 5.73 Å². The zero-order valence-electron chi connectivity index (χ0n) is 6.22. The third kappa shape index (κ3) is 2.89. The summed E-state index contributed by atoms with van der Waals surface area (Å²) in [5, 5.41) is 6.02. The Balaban J connectivity index is 5.14. The highest BCUT2D eigenvalue weighted by Crippen LogP contribution is 2.29. The lowest BCUT2D eigenvalue weighted by molar-refractivity contribution is -0.0948. The molecule has 2 nitrogen and oxygen atoms in total. The second kappa shape index (κ2) is 3.46. The summed E-state index contributed by atoms with van der Waals surface area (Å²) < 4.78 is 81.5. The summed E-state index contributed by atoms with van der Waals surface area (Å²) in [6.45, 7) is 0. The fraction of sp³-hybridized carbons (Fsp3) is 0.400. The van der Waals surface area contributed by atoms with Crippen molar-refractivity contribution in [3.8, 4) is 0 Å². The van der Waals surface area contributed by atoms with Gasteiger partial charge in [0.05, 0.1) is 0 Å². The number of hydrogen-bond acceptors (Lipinski definition) is 2. The molecular formula is C5H3F7N2. The van der Waals surface area contributed by atoms with Crippen LogP contribution in [0, 0.1) is 5.41 Å². The first kappa shape index (κ1) is 12.7. The van der Waals surface area contributed by atoms with Crippen LogP contribution in [-0.2, 0) is 0 Å². The Bertz CT molecular complexity index is 271. The van der Waals surface area contributed by atoms with Gasteiger partial charge in [-0.2, -0.15) is 26.3 Å². The zero-order valence-corrected chi connectivity index (χ0v) is 6.22. The second-order valence-electron chi connectivity index (χ2n) is 2.10. The number of allylic oxidation sites excluding steroid dienone is 2. The summed E-state index contributed by atoms with van der Waals surface area (Å²) in [4.78, 5) is 0. The predicted octanol–water partition coefficient (Wildman–Crippen LogP) is 2.27. The van der Waals surface area contributed by atoms with Gasteiger partial charge in [0.2, 0.25) is 0 Å².